The number of amides is 1. The van der Waals surface area contributed by atoms with E-state index < -0.39 is 35.4 Å². The van der Waals surface area contributed by atoms with Gasteiger partial charge < -0.3 is 15.1 Å². The molecule has 1 amide bonds. The van der Waals surface area contributed by atoms with Crippen molar-refractivity contribution in [3.8, 4) is 0 Å². The molecule has 0 saturated heterocycles. The molecule has 0 saturated carbocycles. The molecule has 0 fully saturated rings. The number of allylic oxidation sites excluding steroid dienone is 2. The average Bonchev–Trinajstić information content (AvgIpc) is 3.03. The van der Waals surface area contributed by atoms with Crippen LogP contribution in [0.15, 0.2) is 42.5 Å². The third-order valence-electron chi connectivity index (χ3n) is 3.83. The van der Waals surface area contributed by atoms with Gasteiger partial charge in [-0.05, 0) is 30.9 Å². The summed E-state index contributed by atoms with van der Waals surface area (Å²) in [7, 11) is -8.53. The summed E-state index contributed by atoms with van der Waals surface area (Å²) in [5, 5.41) is 2.45. The highest BCUT2D eigenvalue weighted by Crippen LogP contribution is 2.37. The summed E-state index contributed by atoms with van der Waals surface area (Å²) in [6, 6.07) is 8.20. The monoisotopic (exact) mass is 403 g/mol. The quantitative estimate of drug-likeness (QED) is 0.418. The van der Waals surface area contributed by atoms with Crippen LogP contribution in [0.4, 0.5) is 0 Å². The number of hydrogen-bond donors (Lipinski definition) is 3. The molecule has 144 valence electrons. The second-order valence-electron chi connectivity index (χ2n) is 6.14. The van der Waals surface area contributed by atoms with Crippen LogP contribution in [0.2, 0.25) is 0 Å². The third kappa shape index (κ3) is 7.39. The maximum Gasteiger partial charge on any atom is 0.469 e. The van der Waals surface area contributed by atoms with Crippen LogP contribution in [0.25, 0.3) is 0 Å². The first kappa shape index (κ1) is 20.8. The number of hydrogen-bond acceptors (Lipinski definition) is 5. The van der Waals surface area contributed by atoms with Gasteiger partial charge in [0.25, 0.3) is 5.91 Å². The van der Waals surface area contributed by atoms with Crippen LogP contribution >= 0.6 is 7.82 Å². The van der Waals surface area contributed by atoms with E-state index >= 15 is 0 Å². The van der Waals surface area contributed by atoms with E-state index in [0.29, 0.717) is 5.56 Å². The number of phosphoric ester groups is 1. The molecule has 3 N–H and O–H groups in total. The van der Waals surface area contributed by atoms with Gasteiger partial charge in [0.05, 0.1) is 11.5 Å². The predicted molar refractivity (Wildman–Crippen MR) is 96.2 cm³/mol. The van der Waals surface area contributed by atoms with Crippen molar-refractivity contribution in [3.05, 3.63) is 48.0 Å². The van der Waals surface area contributed by atoms with Crippen LogP contribution in [0, 0.1) is 5.92 Å². The van der Waals surface area contributed by atoms with E-state index in [1.165, 1.54) is 0 Å². The van der Waals surface area contributed by atoms with Gasteiger partial charge >= 0.3 is 7.82 Å². The van der Waals surface area contributed by atoms with Crippen LogP contribution in [0.1, 0.15) is 23.2 Å². The summed E-state index contributed by atoms with van der Waals surface area (Å²) >= 11 is 0. The molecule has 8 nitrogen and oxygen atoms in total. The number of benzene rings is 1. The van der Waals surface area contributed by atoms with E-state index in [0.717, 1.165) is 12.8 Å². The van der Waals surface area contributed by atoms with Crippen LogP contribution < -0.4 is 5.32 Å². The zero-order chi connectivity index (χ0) is 19.2. The van der Waals surface area contributed by atoms with Crippen LogP contribution in [0.3, 0.4) is 0 Å². The Morgan fingerprint density at radius 2 is 2.00 bits per heavy atom. The van der Waals surface area contributed by atoms with E-state index in [-0.39, 0.29) is 18.2 Å². The molecule has 0 aromatic heterocycles. The van der Waals surface area contributed by atoms with Crippen molar-refractivity contribution in [2.24, 2.45) is 5.92 Å². The molecule has 0 radical (unpaired) electrons. The third-order valence-corrected chi connectivity index (χ3v) is 6.22. The molecule has 0 bridgehead atoms. The number of rotatable bonds is 9. The van der Waals surface area contributed by atoms with Gasteiger partial charge in [-0.25, -0.2) is 13.0 Å². The lowest BCUT2D eigenvalue weighted by atomic mass is 10.2. The fourth-order valence-electron chi connectivity index (χ4n) is 2.73. The molecular formula is C16H22NO7PS. The van der Waals surface area contributed by atoms with Gasteiger partial charge in [0.15, 0.2) is 9.84 Å². The first-order chi connectivity index (χ1) is 12.1. The number of phosphoric acid groups is 1. The van der Waals surface area contributed by atoms with Crippen LogP contribution in [-0.2, 0) is 18.9 Å². The SMILES string of the molecule is O=C(NCC(CS(=O)(=O)CC1C=CCC1)OP(=O)(O)O)c1ccccc1. The predicted octanol–water partition coefficient (Wildman–Crippen LogP) is 1.28. The van der Waals surface area contributed by atoms with Gasteiger partial charge in [0.2, 0.25) is 0 Å². The molecule has 26 heavy (non-hydrogen) atoms. The van der Waals surface area contributed by atoms with Crippen molar-refractivity contribution in [1.29, 1.82) is 0 Å². The molecule has 1 aliphatic rings. The minimum absolute atomic E-state index is 0.102. The Kier molecular flexibility index (Phi) is 7.14. The normalized spacial score (nSPS) is 18.6. The fraction of sp³-hybridized carbons (Fsp3) is 0.438. The second-order valence-corrected chi connectivity index (χ2v) is 9.48. The summed E-state index contributed by atoms with van der Waals surface area (Å²) in [5.41, 5.74) is 0.348. The molecule has 1 aromatic rings. The van der Waals surface area contributed by atoms with Crippen LogP contribution in [0.5, 0.6) is 0 Å². The molecule has 10 heteroatoms. The molecule has 0 spiro atoms. The maximum absolute atomic E-state index is 12.3. The highest BCUT2D eigenvalue weighted by atomic mass is 32.2. The zero-order valence-corrected chi connectivity index (χ0v) is 15.7. The van der Waals surface area contributed by atoms with Crippen molar-refractivity contribution >= 4 is 23.6 Å². The van der Waals surface area contributed by atoms with Crippen molar-refractivity contribution in [3.63, 3.8) is 0 Å². The van der Waals surface area contributed by atoms with E-state index in [9.17, 15) is 17.8 Å². The van der Waals surface area contributed by atoms with Crippen molar-refractivity contribution in [2.75, 3.05) is 18.1 Å². The lowest BCUT2D eigenvalue weighted by Crippen LogP contribution is -2.38. The highest BCUT2D eigenvalue weighted by molar-refractivity contribution is 7.91. The zero-order valence-electron chi connectivity index (χ0n) is 14.0. The van der Waals surface area contributed by atoms with E-state index in [1.54, 1.807) is 30.3 Å². The Morgan fingerprint density at radius 1 is 1.31 bits per heavy atom. The second kappa shape index (κ2) is 8.92. The highest BCUT2D eigenvalue weighted by Gasteiger charge is 2.29. The molecule has 1 aliphatic carbocycles. The molecule has 2 atom stereocenters. The Labute approximate surface area is 152 Å². The smallest absolute Gasteiger partial charge is 0.349 e. The summed E-state index contributed by atoms with van der Waals surface area (Å²) in [6.07, 6.45) is 3.93. The first-order valence-electron chi connectivity index (χ1n) is 8.09. The van der Waals surface area contributed by atoms with E-state index in [2.05, 4.69) is 9.84 Å². The molecular weight excluding hydrogens is 381 g/mol. The lowest BCUT2D eigenvalue weighted by molar-refractivity contribution is 0.0912. The maximum atomic E-state index is 12.3. The van der Waals surface area contributed by atoms with Gasteiger partial charge in [-0.3, -0.25) is 9.32 Å². The summed E-state index contributed by atoms with van der Waals surface area (Å²) in [6.45, 7) is -0.335. The standard InChI is InChI=1S/C16H22NO7PS/c18-16(14-8-2-1-3-9-14)17-10-15(24-25(19,20)21)12-26(22,23)11-13-6-4-5-7-13/h1-4,6,8-9,13,15H,5,7,10-12H2,(H,17,18)(H2,19,20,21). The summed E-state index contributed by atoms with van der Waals surface area (Å²) in [5.74, 6) is -1.29. The minimum atomic E-state index is -4.91. The summed E-state index contributed by atoms with van der Waals surface area (Å²) in [4.78, 5) is 30.1. The van der Waals surface area contributed by atoms with Gasteiger partial charge in [0, 0.05) is 12.1 Å². The van der Waals surface area contributed by atoms with Crippen molar-refractivity contribution < 1.29 is 32.1 Å². The number of carbonyl (C=O) groups is 1. The van der Waals surface area contributed by atoms with Gasteiger partial charge in [-0.2, -0.15) is 0 Å². The Balaban J connectivity index is 1.99. The van der Waals surface area contributed by atoms with Crippen LogP contribution in [-0.4, -0.2) is 48.3 Å². The fourth-order valence-corrected chi connectivity index (χ4v) is 5.19. The van der Waals surface area contributed by atoms with Gasteiger partial charge in [-0.15, -0.1) is 0 Å². The molecule has 1 aromatic carbocycles. The lowest BCUT2D eigenvalue weighted by Gasteiger charge is -2.19. The minimum Gasteiger partial charge on any atom is -0.349 e. The van der Waals surface area contributed by atoms with Crippen molar-refractivity contribution in [2.45, 2.75) is 18.9 Å². The number of carbonyl (C=O) groups excluding carboxylic acids is 1. The molecule has 0 aliphatic heterocycles. The Hall–Kier alpha value is -1.51. The average molecular weight is 403 g/mol. The molecule has 0 heterocycles. The Bertz CT molecular complexity index is 788. The topological polar surface area (TPSA) is 130 Å². The molecule has 2 rings (SSSR count). The molecule has 2 unspecified atom stereocenters. The van der Waals surface area contributed by atoms with E-state index in [4.69, 9.17) is 9.79 Å². The van der Waals surface area contributed by atoms with E-state index in [1.807, 2.05) is 12.2 Å². The number of sulfone groups is 1. The summed E-state index contributed by atoms with van der Waals surface area (Å²) < 4.78 is 40.4. The Morgan fingerprint density at radius 3 is 2.58 bits per heavy atom. The first-order valence-corrected chi connectivity index (χ1v) is 11.4. The van der Waals surface area contributed by atoms with Crippen molar-refractivity contribution in [1.82, 2.24) is 5.32 Å². The van der Waals surface area contributed by atoms with Gasteiger partial charge in [0.1, 0.15) is 6.10 Å². The number of nitrogens with one attached hydrogen (secondary N) is 1. The van der Waals surface area contributed by atoms with Gasteiger partial charge in [-0.1, -0.05) is 30.4 Å². The largest absolute Gasteiger partial charge is 0.469 e.